The van der Waals surface area contributed by atoms with E-state index < -0.39 is 0 Å². The van der Waals surface area contributed by atoms with Gasteiger partial charge in [-0.05, 0) is 23.8 Å². The van der Waals surface area contributed by atoms with Crippen molar-refractivity contribution in [1.29, 1.82) is 5.41 Å². The highest BCUT2D eigenvalue weighted by Gasteiger charge is 2.32. The van der Waals surface area contributed by atoms with Crippen LogP contribution in [0.15, 0.2) is 53.5 Å². The minimum absolute atomic E-state index is 0.157. The average molecular weight is 300 g/mol. The van der Waals surface area contributed by atoms with Crippen molar-refractivity contribution in [2.75, 3.05) is 0 Å². The molecule has 1 aliphatic heterocycles. The number of halogens is 1. The van der Waals surface area contributed by atoms with Crippen molar-refractivity contribution in [3.05, 3.63) is 64.7 Å². The summed E-state index contributed by atoms with van der Waals surface area (Å²) in [6, 6.07) is 14.8. The monoisotopic (exact) mass is 299 g/mol. The van der Waals surface area contributed by atoms with Crippen LogP contribution < -0.4 is 11.5 Å². The van der Waals surface area contributed by atoms with Crippen molar-refractivity contribution >= 4 is 29.2 Å². The molecule has 1 atom stereocenters. The molecule has 0 amide bonds. The van der Waals surface area contributed by atoms with Gasteiger partial charge in [0.2, 0.25) is 5.96 Å². The van der Waals surface area contributed by atoms with Gasteiger partial charge in [0.05, 0.1) is 11.7 Å². The number of hydrogen-bond donors (Lipinski definition) is 3. The van der Waals surface area contributed by atoms with Gasteiger partial charge in [-0.1, -0.05) is 41.9 Å². The Morgan fingerprint density at radius 1 is 1.19 bits per heavy atom. The van der Waals surface area contributed by atoms with E-state index in [1.54, 1.807) is 6.07 Å². The van der Waals surface area contributed by atoms with Gasteiger partial charge in [0, 0.05) is 10.6 Å². The smallest absolute Gasteiger partial charge is 0.204 e. The lowest BCUT2D eigenvalue weighted by Gasteiger charge is -2.35. The number of benzene rings is 2. The molecule has 5 N–H and O–H groups in total. The molecule has 0 aromatic heterocycles. The topological polar surface area (TPSA) is 91.5 Å². The quantitative estimate of drug-likeness (QED) is 0.558. The fourth-order valence-corrected chi connectivity index (χ4v) is 2.70. The number of nitrogens with zero attached hydrogens (tertiary/aromatic N) is 2. The van der Waals surface area contributed by atoms with Crippen LogP contribution in [-0.2, 0) is 0 Å². The molecule has 0 bridgehead atoms. The summed E-state index contributed by atoms with van der Waals surface area (Å²) in [5.74, 6) is 0.0434. The summed E-state index contributed by atoms with van der Waals surface area (Å²) in [5, 5.41) is 8.41. The molecule has 1 aliphatic rings. The maximum absolute atomic E-state index is 7.80. The van der Waals surface area contributed by atoms with E-state index in [1.165, 1.54) is 4.90 Å². The van der Waals surface area contributed by atoms with Crippen LogP contribution >= 0.6 is 11.6 Å². The lowest BCUT2D eigenvalue weighted by molar-refractivity contribution is 0.493. The molecule has 0 spiro atoms. The van der Waals surface area contributed by atoms with E-state index >= 15 is 0 Å². The molecule has 1 heterocycles. The van der Waals surface area contributed by atoms with Crippen molar-refractivity contribution in [2.24, 2.45) is 16.5 Å². The molecule has 0 radical (unpaired) electrons. The Morgan fingerprint density at radius 2 is 1.90 bits per heavy atom. The molecule has 5 nitrogen and oxygen atoms in total. The van der Waals surface area contributed by atoms with Crippen LogP contribution in [0.1, 0.15) is 17.2 Å². The first kappa shape index (κ1) is 13.5. The molecule has 1 unspecified atom stereocenters. The zero-order valence-electron chi connectivity index (χ0n) is 11.1. The summed E-state index contributed by atoms with van der Waals surface area (Å²) in [7, 11) is 0. The predicted octanol–water partition coefficient (Wildman–Crippen LogP) is 2.58. The van der Waals surface area contributed by atoms with Gasteiger partial charge in [-0.3, -0.25) is 10.3 Å². The van der Waals surface area contributed by atoms with E-state index in [4.69, 9.17) is 28.5 Å². The number of rotatable bonds is 1. The molecule has 2 aromatic carbocycles. The molecule has 106 valence electrons. The SMILES string of the molecule is N=C(N)N1C(N)=Nc2ccc(Cl)cc2C1c1ccccc1. The molecule has 21 heavy (non-hydrogen) atoms. The highest BCUT2D eigenvalue weighted by atomic mass is 35.5. The van der Waals surface area contributed by atoms with Gasteiger partial charge in [-0.15, -0.1) is 0 Å². The van der Waals surface area contributed by atoms with Gasteiger partial charge < -0.3 is 11.5 Å². The molecular weight excluding hydrogens is 286 g/mol. The highest BCUT2D eigenvalue weighted by Crippen LogP contribution is 2.39. The zero-order valence-corrected chi connectivity index (χ0v) is 11.9. The maximum Gasteiger partial charge on any atom is 0.204 e. The van der Waals surface area contributed by atoms with Crippen molar-refractivity contribution in [3.63, 3.8) is 0 Å². The average Bonchev–Trinajstić information content (AvgIpc) is 2.47. The van der Waals surface area contributed by atoms with Gasteiger partial charge in [0.15, 0.2) is 5.96 Å². The largest absolute Gasteiger partial charge is 0.370 e. The first-order chi connectivity index (χ1) is 10.1. The summed E-state index contributed by atoms with van der Waals surface area (Å²) in [5.41, 5.74) is 14.3. The Bertz CT molecular complexity index is 726. The third-order valence-corrected chi connectivity index (χ3v) is 3.63. The predicted molar refractivity (Wildman–Crippen MR) is 84.8 cm³/mol. The third-order valence-electron chi connectivity index (χ3n) is 3.40. The Hall–Kier alpha value is -2.53. The second kappa shape index (κ2) is 5.10. The minimum Gasteiger partial charge on any atom is -0.370 e. The Morgan fingerprint density at radius 3 is 2.57 bits per heavy atom. The number of aliphatic imine (C=N–C) groups is 1. The van der Waals surface area contributed by atoms with Crippen molar-refractivity contribution in [3.8, 4) is 0 Å². The van der Waals surface area contributed by atoms with Crippen LogP contribution in [0.3, 0.4) is 0 Å². The molecule has 0 saturated carbocycles. The van der Waals surface area contributed by atoms with Crippen LogP contribution in [0.2, 0.25) is 5.02 Å². The number of nitrogens with two attached hydrogens (primary N) is 2. The molecule has 0 aliphatic carbocycles. The fraction of sp³-hybridized carbons (Fsp3) is 0.0667. The van der Waals surface area contributed by atoms with Gasteiger partial charge in [-0.25, -0.2) is 4.99 Å². The molecule has 3 rings (SSSR count). The van der Waals surface area contributed by atoms with Crippen LogP contribution in [-0.4, -0.2) is 16.8 Å². The van der Waals surface area contributed by atoms with Crippen LogP contribution in [0, 0.1) is 5.41 Å². The van der Waals surface area contributed by atoms with Crippen molar-refractivity contribution < 1.29 is 0 Å². The minimum atomic E-state index is -0.310. The fourth-order valence-electron chi connectivity index (χ4n) is 2.52. The van der Waals surface area contributed by atoms with E-state index in [2.05, 4.69) is 4.99 Å². The highest BCUT2D eigenvalue weighted by molar-refractivity contribution is 6.30. The van der Waals surface area contributed by atoms with Crippen LogP contribution in [0.5, 0.6) is 0 Å². The lowest BCUT2D eigenvalue weighted by atomic mass is 9.94. The van der Waals surface area contributed by atoms with Crippen LogP contribution in [0.4, 0.5) is 5.69 Å². The summed E-state index contributed by atoms with van der Waals surface area (Å²) in [4.78, 5) is 5.80. The second-order valence-electron chi connectivity index (χ2n) is 4.74. The lowest BCUT2D eigenvalue weighted by Crippen LogP contribution is -2.49. The summed E-state index contributed by atoms with van der Waals surface area (Å²) >= 11 is 6.11. The van der Waals surface area contributed by atoms with E-state index in [1.807, 2.05) is 42.5 Å². The van der Waals surface area contributed by atoms with Gasteiger partial charge >= 0.3 is 0 Å². The third kappa shape index (κ3) is 2.32. The number of fused-ring (bicyclic) bond motifs is 1. The van der Waals surface area contributed by atoms with E-state index in [9.17, 15) is 0 Å². The number of hydrogen-bond acceptors (Lipinski definition) is 3. The summed E-state index contributed by atoms with van der Waals surface area (Å²) < 4.78 is 0. The molecule has 6 heteroatoms. The number of nitrogens with one attached hydrogen (secondary N) is 1. The van der Waals surface area contributed by atoms with Gasteiger partial charge in [-0.2, -0.15) is 0 Å². The van der Waals surface area contributed by atoms with Gasteiger partial charge in [0.1, 0.15) is 0 Å². The number of guanidine groups is 2. The Balaban J connectivity index is 2.24. The maximum atomic E-state index is 7.80. The van der Waals surface area contributed by atoms with Crippen molar-refractivity contribution in [2.45, 2.75) is 6.04 Å². The first-order valence-corrected chi connectivity index (χ1v) is 6.77. The van der Waals surface area contributed by atoms with E-state index in [0.717, 1.165) is 16.8 Å². The first-order valence-electron chi connectivity index (χ1n) is 6.40. The molecule has 0 saturated heterocycles. The van der Waals surface area contributed by atoms with E-state index in [0.29, 0.717) is 5.02 Å². The zero-order chi connectivity index (χ0) is 15.0. The summed E-state index contributed by atoms with van der Waals surface area (Å²) in [6.07, 6.45) is 0. The molecule has 2 aromatic rings. The molecule has 0 fully saturated rings. The summed E-state index contributed by atoms with van der Waals surface area (Å²) in [6.45, 7) is 0. The Labute approximate surface area is 127 Å². The standard InChI is InChI=1S/C15H14ClN5/c16-10-6-7-12-11(8-10)13(9-4-2-1-3-5-9)21(14(17)18)15(19)20-12/h1-8,13H,(H3,17,18)(H2,19,20). The second-order valence-corrected chi connectivity index (χ2v) is 5.18. The van der Waals surface area contributed by atoms with Crippen LogP contribution in [0.25, 0.3) is 0 Å². The molecular formula is C15H14ClN5. The Kier molecular flexibility index (Phi) is 3.27. The van der Waals surface area contributed by atoms with Gasteiger partial charge in [0.25, 0.3) is 0 Å². The van der Waals surface area contributed by atoms with Crippen molar-refractivity contribution in [1.82, 2.24) is 4.90 Å². The normalized spacial score (nSPS) is 17.1. The van der Waals surface area contributed by atoms with E-state index in [-0.39, 0.29) is 18.0 Å².